The Balaban J connectivity index is 2.35. The van der Waals surface area contributed by atoms with Crippen LogP contribution in [0.1, 0.15) is 50.0 Å². The van der Waals surface area contributed by atoms with Gasteiger partial charge in [0.05, 0.1) is 0 Å². The van der Waals surface area contributed by atoms with Gasteiger partial charge in [0.25, 0.3) is 5.91 Å². The number of amides is 2. The van der Waals surface area contributed by atoms with Gasteiger partial charge in [-0.1, -0.05) is 26.8 Å². The third kappa shape index (κ3) is 5.81. The van der Waals surface area contributed by atoms with Gasteiger partial charge in [-0.15, -0.1) is 0 Å². The standard InChI is InChI=1S/C24H32FN3O2/c1-7-17(4)28(24(30)16(2)3)15-19-14-21(11-12-22(19)27(5)6)26-23(29)18-9-8-10-20(25)13-18/h8-14,16-17H,7,15H2,1-6H3,(H,26,29). The van der Waals surface area contributed by atoms with Gasteiger partial charge in [-0.05, 0) is 55.3 Å². The normalized spacial score (nSPS) is 11.9. The summed E-state index contributed by atoms with van der Waals surface area (Å²) in [4.78, 5) is 29.2. The highest BCUT2D eigenvalue weighted by Crippen LogP contribution is 2.26. The van der Waals surface area contributed by atoms with E-state index in [1.54, 1.807) is 6.07 Å². The molecule has 6 heteroatoms. The van der Waals surface area contributed by atoms with Crippen LogP contribution in [0, 0.1) is 11.7 Å². The summed E-state index contributed by atoms with van der Waals surface area (Å²) >= 11 is 0. The van der Waals surface area contributed by atoms with E-state index in [9.17, 15) is 14.0 Å². The Labute approximate surface area is 178 Å². The van der Waals surface area contributed by atoms with Gasteiger partial charge >= 0.3 is 0 Å². The van der Waals surface area contributed by atoms with Gasteiger partial charge in [0.15, 0.2) is 0 Å². The largest absolute Gasteiger partial charge is 0.377 e. The van der Waals surface area contributed by atoms with Crippen LogP contribution in [0.5, 0.6) is 0 Å². The first kappa shape index (κ1) is 23.4. The average molecular weight is 414 g/mol. The lowest BCUT2D eigenvalue weighted by Gasteiger charge is -2.32. The monoisotopic (exact) mass is 413 g/mol. The highest BCUT2D eigenvalue weighted by Gasteiger charge is 2.23. The molecule has 0 saturated heterocycles. The molecule has 2 amide bonds. The minimum Gasteiger partial charge on any atom is -0.377 e. The number of hydrogen-bond acceptors (Lipinski definition) is 3. The Morgan fingerprint density at radius 3 is 2.33 bits per heavy atom. The molecule has 0 radical (unpaired) electrons. The fourth-order valence-electron chi connectivity index (χ4n) is 3.25. The fraction of sp³-hybridized carbons (Fsp3) is 0.417. The third-order valence-electron chi connectivity index (χ3n) is 5.15. The van der Waals surface area contributed by atoms with Crippen LogP contribution in [0.15, 0.2) is 42.5 Å². The summed E-state index contributed by atoms with van der Waals surface area (Å²) in [6, 6.07) is 11.3. The fourth-order valence-corrected chi connectivity index (χ4v) is 3.25. The molecule has 30 heavy (non-hydrogen) atoms. The summed E-state index contributed by atoms with van der Waals surface area (Å²) in [5, 5.41) is 2.83. The van der Waals surface area contributed by atoms with E-state index in [0.717, 1.165) is 17.7 Å². The van der Waals surface area contributed by atoms with Gasteiger partial charge in [-0.3, -0.25) is 9.59 Å². The van der Waals surface area contributed by atoms with Crippen LogP contribution in [0.25, 0.3) is 0 Å². The van der Waals surface area contributed by atoms with Crippen LogP contribution in [0.3, 0.4) is 0 Å². The Morgan fingerprint density at radius 2 is 1.77 bits per heavy atom. The number of rotatable bonds is 8. The zero-order chi connectivity index (χ0) is 22.4. The molecule has 5 nitrogen and oxygen atoms in total. The maximum Gasteiger partial charge on any atom is 0.255 e. The molecule has 0 saturated carbocycles. The number of halogens is 1. The Bertz CT molecular complexity index is 896. The van der Waals surface area contributed by atoms with Crippen molar-refractivity contribution in [1.82, 2.24) is 4.90 Å². The summed E-state index contributed by atoms with van der Waals surface area (Å²) in [5.74, 6) is -0.835. The predicted molar refractivity (Wildman–Crippen MR) is 120 cm³/mol. The van der Waals surface area contributed by atoms with Gasteiger partial charge < -0.3 is 15.1 Å². The lowest BCUT2D eigenvalue weighted by molar-refractivity contribution is -0.137. The maximum absolute atomic E-state index is 13.4. The maximum atomic E-state index is 13.4. The Kier molecular flexibility index (Phi) is 7.98. The van der Waals surface area contributed by atoms with Crippen LogP contribution in [-0.2, 0) is 11.3 Å². The summed E-state index contributed by atoms with van der Waals surface area (Å²) in [7, 11) is 3.89. The summed E-state index contributed by atoms with van der Waals surface area (Å²) in [6.07, 6.45) is 0.853. The molecule has 0 bridgehead atoms. The van der Waals surface area contributed by atoms with Crippen molar-refractivity contribution in [1.29, 1.82) is 0 Å². The van der Waals surface area contributed by atoms with E-state index in [-0.39, 0.29) is 29.3 Å². The van der Waals surface area contributed by atoms with Crippen LogP contribution in [0.2, 0.25) is 0 Å². The van der Waals surface area contributed by atoms with Crippen molar-refractivity contribution >= 4 is 23.2 Å². The molecule has 1 atom stereocenters. The molecule has 1 unspecified atom stereocenters. The molecular weight excluding hydrogens is 381 g/mol. The molecular formula is C24H32FN3O2. The molecule has 0 aliphatic heterocycles. The van der Waals surface area contributed by atoms with Crippen molar-refractivity contribution in [2.24, 2.45) is 5.92 Å². The van der Waals surface area contributed by atoms with E-state index in [0.29, 0.717) is 12.2 Å². The highest BCUT2D eigenvalue weighted by atomic mass is 19.1. The molecule has 0 spiro atoms. The van der Waals surface area contributed by atoms with Crippen molar-refractivity contribution in [3.8, 4) is 0 Å². The van der Waals surface area contributed by atoms with Gasteiger partial charge in [0, 0.05) is 49.5 Å². The van der Waals surface area contributed by atoms with Crippen molar-refractivity contribution in [3.63, 3.8) is 0 Å². The zero-order valence-electron chi connectivity index (χ0n) is 18.7. The first-order valence-electron chi connectivity index (χ1n) is 10.3. The number of carbonyl (C=O) groups is 2. The third-order valence-corrected chi connectivity index (χ3v) is 5.15. The molecule has 2 aromatic rings. The second-order valence-corrected chi connectivity index (χ2v) is 8.08. The quantitative estimate of drug-likeness (QED) is 0.668. The van der Waals surface area contributed by atoms with Crippen molar-refractivity contribution in [2.75, 3.05) is 24.3 Å². The van der Waals surface area contributed by atoms with E-state index in [1.807, 2.05) is 62.9 Å². The molecule has 162 valence electrons. The molecule has 0 aliphatic rings. The molecule has 0 aliphatic carbocycles. The van der Waals surface area contributed by atoms with Gasteiger partial charge in [-0.2, -0.15) is 0 Å². The molecule has 0 heterocycles. The van der Waals surface area contributed by atoms with Crippen LogP contribution < -0.4 is 10.2 Å². The first-order valence-corrected chi connectivity index (χ1v) is 10.3. The van der Waals surface area contributed by atoms with Crippen LogP contribution in [0.4, 0.5) is 15.8 Å². The lowest BCUT2D eigenvalue weighted by Crippen LogP contribution is -2.40. The number of nitrogens with one attached hydrogen (secondary N) is 1. The van der Waals surface area contributed by atoms with Crippen molar-refractivity contribution in [2.45, 2.75) is 46.7 Å². The van der Waals surface area contributed by atoms with Gasteiger partial charge in [-0.25, -0.2) is 4.39 Å². The first-order chi connectivity index (χ1) is 14.1. The molecule has 0 fully saturated rings. The van der Waals surface area contributed by atoms with E-state index in [1.165, 1.54) is 18.2 Å². The molecule has 2 aromatic carbocycles. The van der Waals surface area contributed by atoms with E-state index in [2.05, 4.69) is 12.2 Å². The van der Waals surface area contributed by atoms with E-state index < -0.39 is 5.82 Å². The minimum atomic E-state index is -0.456. The topological polar surface area (TPSA) is 52.7 Å². The van der Waals surface area contributed by atoms with Crippen molar-refractivity contribution < 1.29 is 14.0 Å². The zero-order valence-corrected chi connectivity index (χ0v) is 18.7. The Hall–Kier alpha value is -2.89. The number of carbonyl (C=O) groups excluding carboxylic acids is 2. The molecule has 0 aromatic heterocycles. The van der Waals surface area contributed by atoms with Gasteiger partial charge in [0.2, 0.25) is 5.91 Å². The average Bonchev–Trinajstić information content (AvgIpc) is 2.70. The van der Waals surface area contributed by atoms with Crippen LogP contribution >= 0.6 is 0 Å². The molecule has 2 rings (SSSR count). The number of nitrogens with zero attached hydrogens (tertiary/aromatic N) is 2. The summed E-state index contributed by atoms with van der Waals surface area (Å²) in [5.41, 5.74) is 2.77. The second kappa shape index (κ2) is 10.2. The summed E-state index contributed by atoms with van der Waals surface area (Å²) in [6.45, 7) is 8.36. The van der Waals surface area contributed by atoms with Gasteiger partial charge in [0.1, 0.15) is 5.82 Å². The SMILES string of the molecule is CCC(C)N(Cc1cc(NC(=O)c2cccc(F)c2)ccc1N(C)C)C(=O)C(C)C. The smallest absolute Gasteiger partial charge is 0.255 e. The van der Waals surface area contributed by atoms with E-state index >= 15 is 0 Å². The molecule has 1 N–H and O–H groups in total. The number of anilines is 2. The number of benzene rings is 2. The predicted octanol–water partition coefficient (Wildman–Crippen LogP) is 4.93. The lowest BCUT2D eigenvalue weighted by atomic mass is 10.1. The van der Waals surface area contributed by atoms with Crippen molar-refractivity contribution in [3.05, 3.63) is 59.4 Å². The Morgan fingerprint density at radius 1 is 1.07 bits per heavy atom. The minimum absolute atomic E-state index is 0.0976. The summed E-state index contributed by atoms with van der Waals surface area (Å²) < 4.78 is 13.4. The number of hydrogen-bond donors (Lipinski definition) is 1. The second-order valence-electron chi connectivity index (χ2n) is 8.08. The van der Waals surface area contributed by atoms with Crippen LogP contribution in [-0.4, -0.2) is 36.9 Å². The van der Waals surface area contributed by atoms with E-state index in [4.69, 9.17) is 0 Å². The highest BCUT2D eigenvalue weighted by molar-refractivity contribution is 6.04.